The van der Waals surface area contributed by atoms with Crippen molar-refractivity contribution in [3.8, 4) is 0 Å². The van der Waals surface area contributed by atoms with Crippen molar-refractivity contribution >= 4 is 17.7 Å². The molecule has 1 aromatic heterocycles. The molecule has 2 aromatic rings. The van der Waals surface area contributed by atoms with Gasteiger partial charge in [0.15, 0.2) is 0 Å². The second-order valence-electron chi connectivity index (χ2n) is 4.22. The van der Waals surface area contributed by atoms with Gasteiger partial charge in [-0.05, 0) is 18.6 Å². The predicted octanol–water partition coefficient (Wildman–Crippen LogP) is 1.74. The quantitative estimate of drug-likeness (QED) is 0.681. The van der Waals surface area contributed by atoms with E-state index in [1.807, 2.05) is 0 Å². The first-order valence-electron chi connectivity index (χ1n) is 5.93. The molecule has 4 N–H and O–H groups in total. The molecule has 0 bridgehead atoms. The van der Waals surface area contributed by atoms with Gasteiger partial charge >= 0.3 is 12.0 Å². The van der Waals surface area contributed by atoms with E-state index in [0.717, 1.165) is 5.56 Å². The van der Waals surface area contributed by atoms with Gasteiger partial charge < -0.3 is 15.7 Å². The number of H-pyrrole nitrogens is 1. The van der Waals surface area contributed by atoms with E-state index in [0.29, 0.717) is 12.1 Å². The van der Waals surface area contributed by atoms with Gasteiger partial charge in [-0.2, -0.15) is 5.10 Å². The molecule has 7 nitrogen and oxygen atoms in total. The summed E-state index contributed by atoms with van der Waals surface area (Å²) >= 11 is 0. The van der Waals surface area contributed by atoms with E-state index in [2.05, 4.69) is 20.8 Å². The number of aromatic carboxylic acids is 1. The highest BCUT2D eigenvalue weighted by atomic mass is 16.4. The number of hydrogen-bond donors (Lipinski definition) is 4. The first-order valence-corrected chi connectivity index (χ1v) is 5.93. The van der Waals surface area contributed by atoms with Gasteiger partial charge in [0.25, 0.3) is 0 Å². The van der Waals surface area contributed by atoms with Gasteiger partial charge in [0.1, 0.15) is 0 Å². The fraction of sp³-hybridized carbons (Fsp3) is 0.154. The van der Waals surface area contributed by atoms with Crippen molar-refractivity contribution in [3.05, 3.63) is 47.3 Å². The van der Waals surface area contributed by atoms with Crippen molar-refractivity contribution in [3.63, 3.8) is 0 Å². The summed E-state index contributed by atoms with van der Waals surface area (Å²) in [6.07, 6.45) is 3.26. The van der Waals surface area contributed by atoms with Crippen LogP contribution >= 0.6 is 0 Å². The molecule has 0 radical (unpaired) electrons. The molecule has 0 unspecified atom stereocenters. The Bertz CT molecular complexity index is 623. The lowest BCUT2D eigenvalue weighted by molar-refractivity contribution is 0.0697. The maximum Gasteiger partial charge on any atom is 0.338 e. The zero-order chi connectivity index (χ0) is 14.5. The van der Waals surface area contributed by atoms with E-state index in [9.17, 15) is 9.59 Å². The van der Waals surface area contributed by atoms with Gasteiger partial charge in [0.2, 0.25) is 0 Å². The smallest absolute Gasteiger partial charge is 0.338 e. The minimum atomic E-state index is -1.08. The second-order valence-corrected chi connectivity index (χ2v) is 4.22. The molecule has 0 aliphatic rings. The van der Waals surface area contributed by atoms with Gasteiger partial charge in [-0.3, -0.25) is 5.10 Å². The van der Waals surface area contributed by atoms with Gasteiger partial charge in [0, 0.05) is 18.3 Å². The van der Waals surface area contributed by atoms with E-state index in [1.165, 1.54) is 0 Å². The number of aromatic nitrogens is 2. The number of anilines is 1. The van der Waals surface area contributed by atoms with E-state index in [-0.39, 0.29) is 11.3 Å². The van der Waals surface area contributed by atoms with Gasteiger partial charge in [0.05, 0.1) is 17.4 Å². The van der Waals surface area contributed by atoms with Gasteiger partial charge in [-0.25, -0.2) is 9.59 Å². The van der Waals surface area contributed by atoms with Crippen LogP contribution in [0.4, 0.5) is 10.5 Å². The highest BCUT2D eigenvalue weighted by molar-refractivity contribution is 6.01. The van der Waals surface area contributed by atoms with Crippen LogP contribution < -0.4 is 10.6 Å². The van der Waals surface area contributed by atoms with Crippen molar-refractivity contribution < 1.29 is 14.7 Å². The van der Waals surface area contributed by atoms with Crippen molar-refractivity contribution in [2.45, 2.75) is 13.5 Å². The first kappa shape index (κ1) is 13.6. The Morgan fingerprint density at radius 2 is 2.20 bits per heavy atom. The molecule has 1 aromatic carbocycles. The van der Waals surface area contributed by atoms with Crippen molar-refractivity contribution in [1.29, 1.82) is 0 Å². The fourth-order valence-electron chi connectivity index (χ4n) is 1.78. The number of hydrogen-bond acceptors (Lipinski definition) is 3. The van der Waals surface area contributed by atoms with Crippen molar-refractivity contribution in [2.75, 3.05) is 5.32 Å². The lowest BCUT2D eigenvalue weighted by Gasteiger charge is -2.11. The largest absolute Gasteiger partial charge is 0.478 e. The summed E-state index contributed by atoms with van der Waals surface area (Å²) in [6.45, 7) is 1.98. The molecule has 1 heterocycles. The lowest BCUT2D eigenvalue weighted by Crippen LogP contribution is -2.28. The molecule has 0 spiro atoms. The van der Waals surface area contributed by atoms with Gasteiger partial charge in [-0.15, -0.1) is 0 Å². The average molecular weight is 274 g/mol. The molecule has 0 aliphatic heterocycles. The lowest BCUT2D eigenvalue weighted by atomic mass is 10.1. The van der Waals surface area contributed by atoms with Crippen LogP contribution in [0, 0.1) is 6.92 Å². The zero-order valence-electron chi connectivity index (χ0n) is 10.8. The predicted molar refractivity (Wildman–Crippen MR) is 72.6 cm³/mol. The number of aryl methyl sites for hydroxylation is 1. The van der Waals surface area contributed by atoms with Crippen LogP contribution in [0.3, 0.4) is 0 Å². The topological polar surface area (TPSA) is 107 Å². The Balaban J connectivity index is 2.04. The van der Waals surface area contributed by atoms with Crippen molar-refractivity contribution in [2.24, 2.45) is 0 Å². The summed E-state index contributed by atoms with van der Waals surface area (Å²) in [4.78, 5) is 22.9. The molecule has 0 aliphatic carbocycles. The second kappa shape index (κ2) is 5.87. The summed E-state index contributed by atoms with van der Waals surface area (Å²) in [7, 11) is 0. The molecular formula is C13H14N4O3. The molecule has 0 atom stereocenters. The number of carboxylic acid groups (broad SMARTS) is 1. The molecule has 0 saturated carbocycles. The third kappa shape index (κ3) is 3.14. The van der Waals surface area contributed by atoms with E-state index in [4.69, 9.17) is 5.11 Å². The van der Waals surface area contributed by atoms with E-state index < -0.39 is 12.0 Å². The fourth-order valence-corrected chi connectivity index (χ4v) is 1.78. The maximum atomic E-state index is 11.7. The van der Waals surface area contributed by atoms with E-state index >= 15 is 0 Å². The molecule has 2 amide bonds. The molecule has 20 heavy (non-hydrogen) atoms. The van der Waals surface area contributed by atoms with E-state index in [1.54, 1.807) is 37.5 Å². The number of amides is 2. The monoisotopic (exact) mass is 274 g/mol. The number of nitrogens with zero attached hydrogens (tertiary/aromatic N) is 1. The number of carbonyl (C=O) groups is 2. The zero-order valence-corrected chi connectivity index (χ0v) is 10.8. The Morgan fingerprint density at radius 3 is 2.85 bits per heavy atom. The molecule has 7 heteroatoms. The van der Waals surface area contributed by atoms with Crippen LogP contribution in [0.5, 0.6) is 0 Å². The number of nitrogens with one attached hydrogen (secondary N) is 3. The number of carbonyl (C=O) groups excluding carboxylic acids is 1. The van der Waals surface area contributed by atoms with Gasteiger partial charge in [-0.1, -0.05) is 12.1 Å². The summed E-state index contributed by atoms with van der Waals surface area (Å²) in [5.41, 5.74) is 1.76. The molecule has 2 rings (SSSR count). The highest BCUT2D eigenvalue weighted by Crippen LogP contribution is 2.19. The van der Waals surface area contributed by atoms with Crippen LogP contribution in [-0.2, 0) is 6.54 Å². The SMILES string of the molecule is Cc1cccc(NC(=O)NCc2cn[nH]c2)c1C(=O)O. The third-order valence-corrected chi connectivity index (χ3v) is 2.74. The summed E-state index contributed by atoms with van der Waals surface area (Å²) < 4.78 is 0. The molecule has 0 saturated heterocycles. The number of rotatable bonds is 4. The number of carboxylic acids is 1. The normalized spacial score (nSPS) is 10.1. The standard InChI is InChI=1S/C13H14N4O3/c1-8-3-2-4-10(11(8)12(18)19)17-13(20)14-5-9-6-15-16-7-9/h2-4,6-7H,5H2,1H3,(H,15,16)(H,18,19)(H2,14,17,20). The first-order chi connectivity index (χ1) is 9.58. The average Bonchev–Trinajstić information content (AvgIpc) is 2.89. The number of aromatic amines is 1. The summed E-state index contributed by atoms with van der Waals surface area (Å²) in [6, 6.07) is 4.44. The third-order valence-electron chi connectivity index (χ3n) is 2.74. The highest BCUT2D eigenvalue weighted by Gasteiger charge is 2.14. The van der Waals surface area contributed by atoms with Crippen molar-refractivity contribution in [1.82, 2.24) is 15.5 Å². The van der Waals surface area contributed by atoms with Crippen LogP contribution in [0.15, 0.2) is 30.6 Å². The summed E-state index contributed by atoms with van der Waals surface area (Å²) in [5, 5.41) is 20.7. The molecule has 0 fully saturated rings. The van der Waals surface area contributed by atoms with Crippen LogP contribution in [-0.4, -0.2) is 27.3 Å². The van der Waals surface area contributed by atoms with Crippen LogP contribution in [0.1, 0.15) is 21.5 Å². The summed E-state index contributed by atoms with van der Waals surface area (Å²) in [5.74, 6) is -1.08. The maximum absolute atomic E-state index is 11.7. The Morgan fingerprint density at radius 1 is 1.40 bits per heavy atom. The minimum Gasteiger partial charge on any atom is -0.478 e. The Labute approximate surface area is 115 Å². The number of urea groups is 1. The molecular weight excluding hydrogens is 260 g/mol. The van der Waals surface area contributed by atoms with Crippen LogP contribution in [0.25, 0.3) is 0 Å². The molecule has 104 valence electrons. The Hall–Kier alpha value is -2.83. The number of benzene rings is 1. The Kier molecular flexibility index (Phi) is 3.99. The van der Waals surface area contributed by atoms with Crippen LogP contribution in [0.2, 0.25) is 0 Å². The minimum absolute atomic E-state index is 0.0889.